The molecule has 10 nitrogen and oxygen atoms in total. The Bertz CT molecular complexity index is 1850. The van der Waals surface area contributed by atoms with Crippen LogP contribution in [0.25, 0.3) is 0 Å². The van der Waals surface area contributed by atoms with Gasteiger partial charge in [-0.15, -0.1) is 0 Å². The first kappa shape index (κ1) is 29.7. The van der Waals surface area contributed by atoms with Crippen LogP contribution in [0.5, 0.6) is 5.75 Å². The molecule has 6 rings (SSSR count). The summed E-state index contributed by atoms with van der Waals surface area (Å²) in [6.45, 7) is 1.59. The third-order valence-corrected chi connectivity index (χ3v) is 10.2. The van der Waals surface area contributed by atoms with Crippen LogP contribution >= 0.6 is 34.7 Å². The van der Waals surface area contributed by atoms with Crippen LogP contribution in [0.3, 0.4) is 0 Å². The van der Waals surface area contributed by atoms with E-state index in [9.17, 15) is 29.1 Å². The molecule has 2 N–H and O–H groups in total. The van der Waals surface area contributed by atoms with E-state index < -0.39 is 45.6 Å². The summed E-state index contributed by atoms with van der Waals surface area (Å²) in [6, 6.07) is 19.0. The van der Waals surface area contributed by atoms with Gasteiger partial charge in [-0.25, -0.2) is 9.69 Å². The molecule has 0 spiro atoms. The molecule has 2 aliphatic rings. The number of carbonyl (C=O) groups excluding carboxylic acids is 4. The minimum atomic E-state index is -0.908. The van der Waals surface area contributed by atoms with E-state index in [2.05, 4.69) is 5.32 Å². The topological polar surface area (TPSA) is 135 Å². The van der Waals surface area contributed by atoms with E-state index in [1.165, 1.54) is 22.8 Å². The van der Waals surface area contributed by atoms with Gasteiger partial charge in [0.2, 0.25) is 17.7 Å². The van der Waals surface area contributed by atoms with Crippen molar-refractivity contribution in [2.45, 2.75) is 29.7 Å². The molecular formula is C31H24ClN3O7S2. The zero-order chi connectivity index (χ0) is 31.1. The van der Waals surface area contributed by atoms with E-state index >= 15 is 0 Å². The first-order chi connectivity index (χ1) is 21.2. The first-order valence-corrected chi connectivity index (χ1v) is 15.6. The summed E-state index contributed by atoms with van der Waals surface area (Å²) in [5.41, 5.74) is 1.51. The van der Waals surface area contributed by atoms with E-state index in [1.807, 2.05) is 0 Å². The Kier molecular flexibility index (Phi) is 8.06. The van der Waals surface area contributed by atoms with Crippen molar-refractivity contribution in [3.63, 3.8) is 0 Å². The standard InChI is InChI=1S/C31H24ClN3O7S2/c1-2-42-30(40)16-7-11-18(12-8-16)33-22(37)15-34-29-26(44-31(34)41)23(20-5-3-4-6-21(20)36)24-25(43-29)28(39)35(27(24)38)19-13-9-17(32)10-14-19/h3-14,23-25,36H,2,15H2,1H3,(H,33,37)/t23-,24+,25-/m0/s1. The number of aromatic nitrogens is 1. The molecule has 13 heteroatoms. The van der Waals surface area contributed by atoms with Crippen molar-refractivity contribution in [1.82, 2.24) is 4.57 Å². The van der Waals surface area contributed by atoms with E-state index in [-0.39, 0.29) is 18.9 Å². The maximum atomic E-state index is 13.9. The summed E-state index contributed by atoms with van der Waals surface area (Å²) in [6.07, 6.45) is 0. The molecule has 1 aromatic heterocycles. The van der Waals surface area contributed by atoms with E-state index in [1.54, 1.807) is 61.5 Å². The molecule has 3 heterocycles. The van der Waals surface area contributed by atoms with Gasteiger partial charge in [0, 0.05) is 27.1 Å². The smallest absolute Gasteiger partial charge is 0.338 e. The Hall–Kier alpha value is -4.39. The van der Waals surface area contributed by atoms with Gasteiger partial charge in [-0.3, -0.25) is 23.7 Å². The summed E-state index contributed by atoms with van der Waals surface area (Å²) in [7, 11) is 0. The Morgan fingerprint density at radius 2 is 1.68 bits per heavy atom. The number of amides is 3. The van der Waals surface area contributed by atoms with Crippen LogP contribution < -0.4 is 15.1 Å². The van der Waals surface area contributed by atoms with Gasteiger partial charge in [-0.05, 0) is 61.5 Å². The second-order valence-electron chi connectivity index (χ2n) is 10.1. The van der Waals surface area contributed by atoms with Crippen molar-refractivity contribution in [3.8, 4) is 5.75 Å². The number of esters is 1. The molecule has 224 valence electrons. The number of fused-ring (bicyclic) bond motifs is 2. The molecule has 1 fully saturated rings. The Labute approximate surface area is 264 Å². The lowest BCUT2D eigenvalue weighted by Crippen LogP contribution is -2.33. The van der Waals surface area contributed by atoms with Crippen molar-refractivity contribution in [2.75, 3.05) is 16.8 Å². The number of hydrogen-bond acceptors (Lipinski definition) is 9. The second-order valence-corrected chi connectivity index (χ2v) is 12.6. The Balaban J connectivity index is 1.34. The molecule has 0 bridgehead atoms. The molecule has 0 unspecified atom stereocenters. The lowest BCUT2D eigenvalue weighted by molar-refractivity contribution is -0.122. The maximum absolute atomic E-state index is 13.9. The zero-order valence-electron chi connectivity index (χ0n) is 23.1. The van der Waals surface area contributed by atoms with Gasteiger partial charge in [0.05, 0.1) is 28.8 Å². The molecule has 0 radical (unpaired) electrons. The van der Waals surface area contributed by atoms with Crippen molar-refractivity contribution < 1.29 is 29.0 Å². The quantitative estimate of drug-likeness (QED) is 0.214. The molecule has 3 atom stereocenters. The predicted octanol–water partition coefficient (Wildman–Crippen LogP) is 4.88. The monoisotopic (exact) mass is 649 g/mol. The number of carbonyl (C=O) groups is 4. The summed E-state index contributed by atoms with van der Waals surface area (Å²) >= 11 is 7.99. The fourth-order valence-corrected chi connectivity index (χ4v) is 8.32. The van der Waals surface area contributed by atoms with Crippen LogP contribution in [0.4, 0.5) is 11.4 Å². The zero-order valence-corrected chi connectivity index (χ0v) is 25.4. The minimum Gasteiger partial charge on any atom is -0.508 e. The minimum absolute atomic E-state index is 0.0734. The number of nitrogens with zero attached hydrogens (tertiary/aromatic N) is 2. The van der Waals surface area contributed by atoms with Crippen LogP contribution in [-0.2, 0) is 25.7 Å². The molecule has 2 aliphatic heterocycles. The number of ether oxygens (including phenoxy) is 1. The lowest BCUT2D eigenvalue weighted by atomic mass is 9.82. The number of para-hydroxylation sites is 1. The highest BCUT2D eigenvalue weighted by atomic mass is 35.5. The normalized spacial score (nSPS) is 19.0. The average Bonchev–Trinajstić information content (AvgIpc) is 3.45. The molecule has 0 saturated carbocycles. The summed E-state index contributed by atoms with van der Waals surface area (Å²) < 4.78 is 6.27. The number of halogens is 1. The fraction of sp³-hybridized carbons (Fsp3) is 0.194. The molecule has 0 aliphatic carbocycles. The number of rotatable bonds is 7. The number of thioether (sulfide) groups is 1. The van der Waals surface area contributed by atoms with Crippen LogP contribution in [0.1, 0.15) is 33.6 Å². The molecule has 44 heavy (non-hydrogen) atoms. The summed E-state index contributed by atoms with van der Waals surface area (Å²) in [5.74, 6) is -3.68. The van der Waals surface area contributed by atoms with Crippen LogP contribution in [0.2, 0.25) is 5.02 Å². The number of phenolic OH excluding ortho intramolecular Hbond substituents is 1. The third kappa shape index (κ3) is 5.29. The van der Waals surface area contributed by atoms with Gasteiger partial charge in [0.15, 0.2) is 0 Å². The van der Waals surface area contributed by atoms with E-state index in [4.69, 9.17) is 16.3 Å². The van der Waals surface area contributed by atoms with E-state index in [0.29, 0.717) is 37.4 Å². The Morgan fingerprint density at radius 1 is 0.977 bits per heavy atom. The van der Waals surface area contributed by atoms with Gasteiger partial charge in [-0.1, -0.05) is 52.9 Å². The van der Waals surface area contributed by atoms with Gasteiger partial charge in [-0.2, -0.15) is 0 Å². The number of thiazole rings is 1. The number of imide groups is 1. The van der Waals surface area contributed by atoms with Crippen molar-refractivity contribution in [2.24, 2.45) is 5.92 Å². The average molecular weight is 650 g/mol. The van der Waals surface area contributed by atoms with Gasteiger partial charge in [0.1, 0.15) is 17.5 Å². The fourth-order valence-electron chi connectivity index (χ4n) is 5.43. The number of nitrogens with one attached hydrogen (secondary N) is 1. The summed E-state index contributed by atoms with van der Waals surface area (Å²) in [5, 5.41) is 13.5. The molecule has 4 aromatic rings. The number of phenols is 1. The third-order valence-electron chi connectivity index (χ3n) is 7.39. The van der Waals surface area contributed by atoms with Gasteiger partial charge in [0.25, 0.3) is 0 Å². The highest BCUT2D eigenvalue weighted by Gasteiger charge is 2.57. The SMILES string of the molecule is CCOC(=O)c1ccc(NC(=O)Cn2c3c(sc2=O)[C@@H](c2ccccc2O)[C@H]2C(=O)N(c4ccc(Cl)cc4)C(=O)[C@H]2S3)cc1. The van der Waals surface area contributed by atoms with Crippen molar-refractivity contribution in [1.29, 1.82) is 0 Å². The maximum Gasteiger partial charge on any atom is 0.338 e. The summed E-state index contributed by atoms with van der Waals surface area (Å²) in [4.78, 5) is 67.3. The predicted molar refractivity (Wildman–Crippen MR) is 167 cm³/mol. The highest BCUT2D eigenvalue weighted by Crippen LogP contribution is 2.55. The van der Waals surface area contributed by atoms with Crippen molar-refractivity contribution >= 4 is 69.8 Å². The first-order valence-electron chi connectivity index (χ1n) is 13.6. The van der Waals surface area contributed by atoms with Crippen molar-refractivity contribution in [3.05, 3.63) is 103 Å². The molecule has 3 aromatic carbocycles. The largest absolute Gasteiger partial charge is 0.508 e. The molecular weight excluding hydrogens is 626 g/mol. The highest BCUT2D eigenvalue weighted by molar-refractivity contribution is 8.00. The van der Waals surface area contributed by atoms with Crippen LogP contribution in [0.15, 0.2) is 82.6 Å². The second kappa shape index (κ2) is 11.9. The number of aromatic hydroxyl groups is 1. The Morgan fingerprint density at radius 3 is 2.36 bits per heavy atom. The lowest BCUT2D eigenvalue weighted by Gasteiger charge is -2.31. The van der Waals surface area contributed by atoms with Crippen LogP contribution in [0, 0.1) is 5.92 Å². The number of anilines is 2. The number of hydrogen-bond donors (Lipinski definition) is 2. The molecule has 3 amide bonds. The van der Waals surface area contributed by atoms with Gasteiger partial charge < -0.3 is 15.2 Å². The van der Waals surface area contributed by atoms with Gasteiger partial charge >= 0.3 is 10.8 Å². The van der Waals surface area contributed by atoms with E-state index in [0.717, 1.165) is 28.0 Å². The van der Waals surface area contributed by atoms with Crippen LogP contribution in [-0.4, -0.2) is 45.2 Å². The molecule has 1 saturated heterocycles. The number of benzene rings is 3.